The van der Waals surface area contributed by atoms with Gasteiger partial charge in [-0.1, -0.05) is 30.3 Å². The number of hydrogen-bond acceptors (Lipinski definition) is 5. The molecule has 2 rings (SSSR count). The zero-order valence-electron chi connectivity index (χ0n) is 13.6. The van der Waals surface area contributed by atoms with Crippen LogP contribution >= 0.6 is 0 Å². The van der Waals surface area contributed by atoms with Crippen LogP contribution in [0.2, 0.25) is 0 Å². The highest BCUT2D eigenvalue weighted by Gasteiger charge is 2.18. The van der Waals surface area contributed by atoms with Gasteiger partial charge in [0.15, 0.2) is 5.78 Å². The van der Waals surface area contributed by atoms with Crippen LogP contribution in [0.3, 0.4) is 0 Å². The lowest BCUT2D eigenvalue weighted by molar-refractivity contribution is -0.143. The minimum absolute atomic E-state index is 0.0213. The number of carbonyl (C=O) groups is 2. The molecule has 1 atom stereocenters. The van der Waals surface area contributed by atoms with Crippen molar-refractivity contribution < 1.29 is 18.7 Å². The minimum Gasteiger partial charge on any atom is -0.472 e. The number of furan rings is 1. The lowest BCUT2D eigenvalue weighted by Gasteiger charge is -2.16. The number of ketones is 1. The maximum absolute atomic E-state index is 11.9. The van der Waals surface area contributed by atoms with Crippen molar-refractivity contribution in [2.75, 3.05) is 13.7 Å². The van der Waals surface area contributed by atoms with E-state index in [4.69, 9.17) is 9.15 Å². The van der Waals surface area contributed by atoms with Crippen LogP contribution in [0.25, 0.3) is 6.08 Å². The first-order valence-corrected chi connectivity index (χ1v) is 7.77. The Labute approximate surface area is 141 Å². The van der Waals surface area contributed by atoms with Crippen LogP contribution < -0.4 is 5.32 Å². The van der Waals surface area contributed by atoms with Gasteiger partial charge >= 0.3 is 5.97 Å². The summed E-state index contributed by atoms with van der Waals surface area (Å²) in [5.41, 5.74) is 1.87. The minimum atomic E-state index is -0.469. The van der Waals surface area contributed by atoms with Gasteiger partial charge in [0.2, 0.25) is 0 Å². The molecule has 0 aliphatic carbocycles. The van der Waals surface area contributed by atoms with E-state index in [-0.39, 0.29) is 11.8 Å². The number of ether oxygens (including phenoxy) is 1. The van der Waals surface area contributed by atoms with E-state index in [0.717, 1.165) is 11.1 Å². The van der Waals surface area contributed by atoms with E-state index in [1.165, 1.54) is 13.2 Å². The lowest BCUT2D eigenvalue weighted by Crippen LogP contribution is -2.40. The molecular weight excluding hydrogens is 306 g/mol. The van der Waals surface area contributed by atoms with E-state index >= 15 is 0 Å². The van der Waals surface area contributed by atoms with Gasteiger partial charge in [0.1, 0.15) is 6.04 Å². The topological polar surface area (TPSA) is 68.5 Å². The standard InChI is InChI=1S/C19H21NO4/c1-23-19(22)18(13-15-5-3-2-4-6-15)20-11-9-17(21)8-7-16-10-12-24-14-16/h2-8,10,12,14,18,20H,9,11,13H2,1H3/b8-7+/t18-/m0/s1. The van der Waals surface area contributed by atoms with Crippen LogP contribution in [0.15, 0.2) is 59.4 Å². The molecule has 0 spiro atoms. The van der Waals surface area contributed by atoms with Crippen LogP contribution in [0.1, 0.15) is 17.5 Å². The predicted molar refractivity (Wildman–Crippen MR) is 91.3 cm³/mol. The van der Waals surface area contributed by atoms with Gasteiger partial charge < -0.3 is 14.5 Å². The molecule has 0 saturated heterocycles. The molecule has 0 aliphatic heterocycles. The van der Waals surface area contributed by atoms with Crippen molar-refractivity contribution >= 4 is 17.8 Å². The maximum Gasteiger partial charge on any atom is 0.323 e. The van der Waals surface area contributed by atoms with Gasteiger partial charge in [-0.25, -0.2) is 0 Å². The number of benzene rings is 1. The SMILES string of the molecule is COC(=O)[C@H](Cc1ccccc1)NCCC(=O)/C=C/c1ccoc1. The summed E-state index contributed by atoms with van der Waals surface area (Å²) in [6, 6.07) is 11.0. The molecule has 0 amide bonds. The molecule has 2 aromatic rings. The largest absolute Gasteiger partial charge is 0.472 e. The summed E-state index contributed by atoms with van der Waals surface area (Å²) in [7, 11) is 1.36. The van der Waals surface area contributed by atoms with Crippen molar-refractivity contribution in [1.29, 1.82) is 0 Å². The van der Waals surface area contributed by atoms with E-state index in [2.05, 4.69) is 5.32 Å². The molecule has 0 aliphatic rings. The summed E-state index contributed by atoms with van der Waals surface area (Å²) in [4.78, 5) is 23.7. The third kappa shape index (κ3) is 5.85. The van der Waals surface area contributed by atoms with E-state index in [1.807, 2.05) is 30.3 Å². The van der Waals surface area contributed by atoms with Crippen LogP contribution in [-0.4, -0.2) is 31.4 Å². The number of nitrogens with one attached hydrogen (secondary N) is 1. The third-order valence-electron chi connectivity index (χ3n) is 3.54. The van der Waals surface area contributed by atoms with Crippen molar-refractivity contribution in [2.24, 2.45) is 0 Å². The first-order valence-electron chi connectivity index (χ1n) is 7.77. The van der Waals surface area contributed by atoms with Gasteiger partial charge in [-0.15, -0.1) is 0 Å². The molecule has 1 aromatic carbocycles. The Balaban J connectivity index is 1.82. The predicted octanol–water partition coefficient (Wildman–Crippen LogP) is 2.63. The number of esters is 1. The van der Waals surface area contributed by atoms with E-state index in [1.54, 1.807) is 24.7 Å². The maximum atomic E-state index is 11.9. The Hall–Kier alpha value is -2.66. The van der Waals surface area contributed by atoms with E-state index in [0.29, 0.717) is 19.4 Å². The average Bonchev–Trinajstić information content (AvgIpc) is 3.13. The first kappa shape index (κ1) is 17.7. The number of hydrogen-bond donors (Lipinski definition) is 1. The highest BCUT2D eigenvalue weighted by Crippen LogP contribution is 2.05. The number of carbonyl (C=O) groups excluding carboxylic acids is 2. The van der Waals surface area contributed by atoms with Crippen LogP contribution in [-0.2, 0) is 20.7 Å². The molecule has 1 aromatic heterocycles. The zero-order valence-corrected chi connectivity index (χ0v) is 13.6. The van der Waals surface area contributed by atoms with Gasteiger partial charge in [-0.05, 0) is 30.2 Å². The molecule has 5 nitrogen and oxygen atoms in total. The van der Waals surface area contributed by atoms with Crippen LogP contribution in [0.4, 0.5) is 0 Å². The fourth-order valence-corrected chi connectivity index (χ4v) is 2.24. The number of methoxy groups -OCH3 is 1. The molecule has 0 radical (unpaired) electrons. The normalized spacial score (nSPS) is 12.2. The Kier molecular flexibility index (Phi) is 6.98. The van der Waals surface area contributed by atoms with Crippen LogP contribution in [0.5, 0.6) is 0 Å². The van der Waals surface area contributed by atoms with Crippen molar-refractivity contribution in [3.05, 3.63) is 66.1 Å². The number of rotatable bonds is 9. The molecule has 126 valence electrons. The van der Waals surface area contributed by atoms with Crippen molar-refractivity contribution in [2.45, 2.75) is 18.9 Å². The molecule has 0 fully saturated rings. The molecule has 1 heterocycles. The van der Waals surface area contributed by atoms with E-state index < -0.39 is 6.04 Å². The fraction of sp³-hybridized carbons (Fsp3) is 0.263. The summed E-state index contributed by atoms with van der Waals surface area (Å²) in [6.07, 6.45) is 7.15. The summed E-state index contributed by atoms with van der Waals surface area (Å²) >= 11 is 0. The van der Waals surface area contributed by atoms with Crippen molar-refractivity contribution in [1.82, 2.24) is 5.32 Å². The average molecular weight is 327 g/mol. The highest BCUT2D eigenvalue weighted by atomic mass is 16.5. The van der Waals surface area contributed by atoms with Gasteiger partial charge in [0.25, 0.3) is 0 Å². The summed E-state index contributed by atoms with van der Waals surface area (Å²) in [5.74, 6) is -0.354. The Morgan fingerprint density at radius 3 is 2.71 bits per heavy atom. The lowest BCUT2D eigenvalue weighted by atomic mass is 10.1. The molecule has 0 unspecified atom stereocenters. The van der Waals surface area contributed by atoms with Gasteiger partial charge in [0, 0.05) is 18.5 Å². The molecule has 0 bridgehead atoms. The Morgan fingerprint density at radius 1 is 1.25 bits per heavy atom. The second-order valence-corrected chi connectivity index (χ2v) is 5.33. The monoisotopic (exact) mass is 327 g/mol. The molecular formula is C19H21NO4. The smallest absolute Gasteiger partial charge is 0.323 e. The third-order valence-corrected chi connectivity index (χ3v) is 3.54. The first-order chi connectivity index (χ1) is 11.7. The van der Waals surface area contributed by atoms with E-state index in [9.17, 15) is 9.59 Å². The second-order valence-electron chi connectivity index (χ2n) is 5.33. The zero-order chi connectivity index (χ0) is 17.2. The molecule has 5 heteroatoms. The van der Waals surface area contributed by atoms with Gasteiger partial charge in [-0.3, -0.25) is 9.59 Å². The Bertz CT molecular complexity index is 662. The molecule has 24 heavy (non-hydrogen) atoms. The number of allylic oxidation sites excluding steroid dienone is 1. The summed E-state index contributed by atoms with van der Waals surface area (Å²) in [6.45, 7) is 0.404. The van der Waals surface area contributed by atoms with Crippen molar-refractivity contribution in [3.63, 3.8) is 0 Å². The molecule has 0 saturated carbocycles. The second kappa shape index (κ2) is 9.47. The van der Waals surface area contributed by atoms with Crippen LogP contribution in [0, 0.1) is 0 Å². The quantitative estimate of drug-likeness (QED) is 0.566. The van der Waals surface area contributed by atoms with Crippen molar-refractivity contribution in [3.8, 4) is 0 Å². The highest BCUT2D eigenvalue weighted by molar-refractivity contribution is 5.93. The van der Waals surface area contributed by atoms with Gasteiger partial charge in [-0.2, -0.15) is 0 Å². The summed E-state index contributed by atoms with van der Waals surface area (Å²) in [5, 5.41) is 3.10. The fourth-order valence-electron chi connectivity index (χ4n) is 2.24. The van der Waals surface area contributed by atoms with Gasteiger partial charge in [0.05, 0.1) is 19.6 Å². The molecule has 1 N–H and O–H groups in total. The summed E-state index contributed by atoms with van der Waals surface area (Å²) < 4.78 is 9.76. The Morgan fingerprint density at radius 2 is 2.04 bits per heavy atom.